The van der Waals surface area contributed by atoms with E-state index in [-0.39, 0.29) is 0 Å². The summed E-state index contributed by atoms with van der Waals surface area (Å²) in [4.78, 5) is 10.9. The Morgan fingerprint density at radius 1 is 1.36 bits per heavy atom. The standard InChI is InChI=1S/C11H22O3/c1-4-5-6-7-9(2)8-14-11(13)10(3)12/h9-10,12H,4-8H2,1-3H3. The molecule has 3 nitrogen and oxygen atoms in total. The van der Waals surface area contributed by atoms with Crippen LogP contribution in [0.1, 0.15) is 46.5 Å². The summed E-state index contributed by atoms with van der Waals surface area (Å²) in [5.74, 6) is -0.128. The molecule has 0 aromatic rings. The highest BCUT2D eigenvalue weighted by molar-refractivity contribution is 5.73. The van der Waals surface area contributed by atoms with E-state index in [9.17, 15) is 4.79 Å². The van der Waals surface area contributed by atoms with Gasteiger partial charge in [-0.1, -0.05) is 33.1 Å². The summed E-state index contributed by atoms with van der Waals surface area (Å²) < 4.78 is 4.91. The molecule has 0 aliphatic rings. The molecule has 0 rings (SSSR count). The number of ether oxygens (including phenoxy) is 1. The summed E-state index contributed by atoms with van der Waals surface area (Å²) in [5.41, 5.74) is 0. The molecule has 0 aromatic carbocycles. The third kappa shape index (κ3) is 6.89. The molecule has 0 aliphatic carbocycles. The van der Waals surface area contributed by atoms with Crippen molar-refractivity contribution in [1.82, 2.24) is 0 Å². The molecule has 0 bridgehead atoms. The highest BCUT2D eigenvalue weighted by Crippen LogP contribution is 2.09. The summed E-state index contributed by atoms with van der Waals surface area (Å²) in [6.45, 7) is 6.07. The van der Waals surface area contributed by atoms with Crippen molar-refractivity contribution >= 4 is 5.97 Å². The van der Waals surface area contributed by atoms with Crippen LogP contribution in [0.2, 0.25) is 0 Å². The van der Waals surface area contributed by atoms with Gasteiger partial charge in [0.1, 0.15) is 6.10 Å². The van der Waals surface area contributed by atoms with Crippen molar-refractivity contribution in [3.8, 4) is 0 Å². The van der Waals surface area contributed by atoms with Crippen molar-refractivity contribution in [1.29, 1.82) is 0 Å². The van der Waals surface area contributed by atoms with Gasteiger partial charge in [0, 0.05) is 0 Å². The van der Waals surface area contributed by atoms with Crippen molar-refractivity contribution in [2.24, 2.45) is 5.92 Å². The summed E-state index contributed by atoms with van der Waals surface area (Å²) in [7, 11) is 0. The van der Waals surface area contributed by atoms with Gasteiger partial charge in [0.15, 0.2) is 0 Å². The van der Waals surface area contributed by atoms with Gasteiger partial charge in [-0.25, -0.2) is 4.79 Å². The molecule has 0 spiro atoms. The molecular formula is C11H22O3. The van der Waals surface area contributed by atoms with Crippen LogP contribution in [0, 0.1) is 5.92 Å². The first-order chi connectivity index (χ1) is 6.57. The molecular weight excluding hydrogens is 180 g/mol. The summed E-state index contributed by atoms with van der Waals surface area (Å²) in [6, 6.07) is 0. The molecule has 84 valence electrons. The highest BCUT2D eigenvalue weighted by atomic mass is 16.5. The van der Waals surface area contributed by atoms with E-state index in [4.69, 9.17) is 9.84 Å². The first-order valence-electron chi connectivity index (χ1n) is 5.42. The van der Waals surface area contributed by atoms with Gasteiger partial charge in [0.05, 0.1) is 6.61 Å². The number of aliphatic hydroxyl groups is 1. The molecule has 0 heterocycles. The Bertz CT molecular complexity index is 155. The molecule has 0 saturated carbocycles. The van der Waals surface area contributed by atoms with Crippen LogP contribution in [-0.2, 0) is 9.53 Å². The van der Waals surface area contributed by atoms with Crippen molar-refractivity contribution in [2.75, 3.05) is 6.61 Å². The topological polar surface area (TPSA) is 46.5 Å². The summed E-state index contributed by atoms with van der Waals surface area (Å²) in [6.07, 6.45) is 3.71. The Labute approximate surface area is 86.5 Å². The SMILES string of the molecule is CCCCCC(C)COC(=O)C(C)O. The molecule has 0 aliphatic heterocycles. The van der Waals surface area contributed by atoms with E-state index >= 15 is 0 Å². The average Bonchev–Trinajstić information content (AvgIpc) is 2.14. The smallest absolute Gasteiger partial charge is 0.334 e. The molecule has 3 heteroatoms. The second-order valence-electron chi connectivity index (χ2n) is 3.91. The van der Waals surface area contributed by atoms with Gasteiger partial charge in [-0.2, -0.15) is 0 Å². The fourth-order valence-electron chi connectivity index (χ4n) is 1.17. The first-order valence-corrected chi connectivity index (χ1v) is 5.42. The van der Waals surface area contributed by atoms with Gasteiger partial charge >= 0.3 is 5.97 Å². The van der Waals surface area contributed by atoms with Crippen molar-refractivity contribution in [2.45, 2.75) is 52.6 Å². The minimum Gasteiger partial charge on any atom is -0.463 e. The lowest BCUT2D eigenvalue weighted by molar-refractivity contribution is -0.153. The zero-order chi connectivity index (χ0) is 11.0. The molecule has 0 radical (unpaired) electrons. The van der Waals surface area contributed by atoms with Crippen LogP contribution in [-0.4, -0.2) is 23.8 Å². The van der Waals surface area contributed by atoms with Crippen LogP contribution in [0.25, 0.3) is 0 Å². The van der Waals surface area contributed by atoms with E-state index in [1.165, 1.54) is 26.2 Å². The van der Waals surface area contributed by atoms with Crippen LogP contribution in [0.15, 0.2) is 0 Å². The van der Waals surface area contributed by atoms with Crippen LogP contribution < -0.4 is 0 Å². The fourth-order valence-corrected chi connectivity index (χ4v) is 1.17. The van der Waals surface area contributed by atoms with Crippen molar-refractivity contribution < 1.29 is 14.6 Å². The number of carbonyl (C=O) groups excluding carboxylic acids is 1. The van der Waals surface area contributed by atoms with Crippen molar-refractivity contribution in [3.63, 3.8) is 0 Å². The highest BCUT2D eigenvalue weighted by Gasteiger charge is 2.11. The Hall–Kier alpha value is -0.570. The maximum Gasteiger partial charge on any atom is 0.334 e. The number of unbranched alkanes of at least 4 members (excludes halogenated alkanes) is 2. The van der Waals surface area contributed by atoms with Crippen LogP contribution in [0.3, 0.4) is 0 Å². The van der Waals surface area contributed by atoms with Crippen molar-refractivity contribution in [3.05, 3.63) is 0 Å². The molecule has 1 N–H and O–H groups in total. The largest absolute Gasteiger partial charge is 0.463 e. The third-order valence-electron chi connectivity index (χ3n) is 2.15. The van der Waals surface area contributed by atoms with Crippen LogP contribution in [0.4, 0.5) is 0 Å². The maximum absolute atomic E-state index is 10.9. The lowest BCUT2D eigenvalue weighted by atomic mass is 10.0. The Kier molecular flexibility index (Phi) is 7.48. The zero-order valence-corrected chi connectivity index (χ0v) is 9.45. The fraction of sp³-hybridized carbons (Fsp3) is 0.909. The second-order valence-corrected chi connectivity index (χ2v) is 3.91. The van der Waals surface area contributed by atoms with Crippen LogP contribution in [0.5, 0.6) is 0 Å². The monoisotopic (exact) mass is 202 g/mol. The Morgan fingerprint density at radius 2 is 2.00 bits per heavy atom. The minimum atomic E-state index is -1.00. The molecule has 0 aromatic heterocycles. The second kappa shape index (κ2) is 7.80. The van der Waals surface area contributed by atoms with E-state index in [0.29, 0.717) is 12.5 Å². The predicted molar refractivity (Wildman–Crippen MR) is 55.9 cm³/mol. The van der Waals surface area contributed by atoms with Gasteiger partial charge < -0.3 is 9.84 Å². The van der Waals surface area contributed by atoms with Gasteiger partial charge in [-0.3, -0.25) is 0 Å². The van der Waals surface area contributed by atoms with Gasteiger partial charge in [0.25, 0.3) is 0 Å². The lowest BCUT2D eigenvalue weighted by Crippen LogP contribution is -2.21. The maximum atomic E-state index is 10.9. The number of esters is 1. The van der Waals surface area contributed by atoms with E-state index in [1.54, 1.807) is 0 Å². The predicted octanol–water partition coefficient (Wildman–Crippen LogP) is 2.13. The quantitative estimate of drug-likeness (QED) is 0.508. The third-order valence-corrected chi connectivity index (χ3v) is 2.15. The average molecular weight is 202 g/mol. The zero-order valence-electron chi connectivity index (χ0n) is 9.45. The Balaban J connectivity index is 3.43. The number of hydrogen-bond donors (Lipinski definition) is 1. The number of carbonyl (C=O) groups is 1. The molecule has 14 heavy (non-hydrogen) atoms. The summed E-state index contributed by atoms with van der Waals surface area (Å²) in [5, 5.41) is 8.87. The Morgan fingerprint density at radius 3 is 2.50 bits per heavy atom. The molecule has 0 amide bonds. The molecule has 0 saturated heterocycles. The van der Waals surface area contributed by atoms with E-state index in [2.05, 4.69) is 13.8 Å². The number of rotatable bonds is 7. The molecule has 2 atom stereocenters. The van der Waals surface area contributed by atoms with E-state index in [0.717, 1.165) is 6.42 Å². The summed E-state index contributed by atoms with van der Waals surface area (Å²) >= 11 is 0. The first kappa shape index (κ1) is 13.4. The molecule has 2 unspecified atom stereocenters. The van der Waals surface area contributed by atoms with E-state index in [1.807, 2.05) is 0 Å². The number of hydrogen-bond acceptors (Lipinski definition) is 3. The normalized spacial score (nSPS) is 14.9. The lowest BCUT2D eigenvalue weighted by Gasteiger charge is -2.12. The van der Waals surface area contributed by atoms with Gasteiger partial charge in [0.2, 0.25) is 0 Å². The van der Waals surface area contributed by atoms with Gasteiger partial charge in [-0.05, 0) is 19.3 Å². The van der Waals surface area contributed by atoms with E-state index < -0.39 is 12.1 Å². The van der Waals surface area contributed by atoms with Crippen LogP contribution >= 0.6 is 0 Å². The number of aliphatic hydroxyl groups excluding tert-OH is 1. The molecule has 0 fully saturated rings. The van der Waals surface area contributed by atoms with Gasteiger partial charge in [-0.15, -0.1) is 0 Å². The minimum absolute atomic E-state index is 0.393.